The molecule has 0 saturated carbocycles. The summed E-state index contributed by atoms with van der Waals surface area (Å²) in [5, 5.41) is -6.95. The fourth-order valence-corrected chi connectivity index (χ4v) is 6.13. The van der Waals surface area contributed by atoms with E-state index < -0.39 is 49.7 Å². The van der Waals surface area contributed by atoms with Crippen LogP contribution in [0.2, 0.25) is 0 Å². The number of halogens is 9. The predicted octanol–water partition coefficient (Wildman–Crippen LogP) is 5.34. The monoisotopic (exact) mass is 524 g/mol. The van der Waals surface area contributed by atoms with Gasteiger partial charge in [-0.3, -0.25) is 4.79 Å². The fourth-order valence-electron chi connectivity index (χ4n) is 2.32. The predicted molar refractivity (Wildman–Crippen MR) is 95.8 cm³/mol. The highest BCUT2D eigenvalue weighted by Crippen LogP contribution is 2.59. The maximum absolute atomic E-state index is 13.9. The van der Waals surface area contributed by atoms with Gasteiger partial charge in [0.15, 0.2) is 0 Å². The third kappa shape index (κ3) is 4.81. The van der Waals surface area contributed by atoms with Crippen molar-refractivity contribution in [1.82, 2.24) is 0 Å². The Morgan fingerprint density at radius 3 is 1.59 bits per heavy atom. The molecule has 0 fully saturated rings. The number of carbonyl (C=O) groups is 1. The van der Waals surface area contributed by atoms with E-state index in [0.29, 0.717) is 0 Å². The van der Waals surface area contributed by atoms with Crippen LogP contribution in [-0.2, 0) is 18.5 Å². The standard InChI is InChI=1S/C16H17F9O5S2/c1-8-6-11(7-9(2)12(8)29-10(3)26)31(4,5)30-32(27,28)16(24,25)14(19,20)13(17,18)15(21,22)23/h6-7H,1-5H3. The van der Waals surface area contributed by atoms with Crippen molar-refractivity contribution in [2.24, 2.45) is 0 Å². The van der Waals surface area contributed by atoms with Crippen LogP contribution in [0, 0.1) is 13.8 Å². The lowest BCUT2D eigenvalue weighted by Crippen LogP contribution is -2.63. The average Bonchev–Trinajstić information content (AvgIpc) is 2.55. The summed E-state index contributed by atoms with van der Waals surface area (Å²) in [4.78, 5) is 10.9. The summed E-state index contributed by atoms with van der Waals surface area (Å²) in [5.41, 5.74) is 0.329. The Morgan fingerprint density at radius 1 is 0.844 bits per heavy atom. The van der Waals surface area contributed by atoms with E-state index in [1.165, 1.54) is 13.8 Å². The molecule has 0 saturated heterocycles. The van der Waals surface area contributed by atoms with E-state index in [2.05, 4.69) is 3.63 Å². The highest BCUT2D eigenvalue weighted by Gasteiger charge is 2.86. The van der Waals surface area contributed by atoms with Crippen molar-refractivity contribution in [1.29, 1.82) is 0 Å². The van der Waals surface area contributed by atoms with Crippen molar-refractivity contribution in [3.8, 4) is 5.75 Å². The molecule has 32 heavy (non-hydrogen) atoms. The summed E-state index contributed by atoms with van der Waals surface area (Å²) in [6, 6.07) is 2.19. The van der Waals surface area contributed by atoms with Crippen LogP contribution in [0.25, 0.3) is 0 Å². The molecule has 0 radical (unpaired) electrons. The average molecular weight is 524 g/mol. The second-order valence-corrected chi connectivity index (χ2v) is 11.8. The lowest BCUT2D eigenvalue weighted by atomic mass is 10.1. The minimum atomic E-state index is -7.39. The van der Waals surface area contributed by atoms with E-state index in [-0.39, 0.29) is 21.8 Å². The molecule has 5 nitrogen and oxygen atoms in total. The second-order valence-electron chi connectivity index (χ2n) is 6.90. The number of hydrogen-bond donors (Lipinski definition) is 0. The minimum absolute atomic E-state index is 0.0148. The van der Waals surface area contributed by atoms with E-state index in [0.717, 1.165) is 31.6 Å². The normalized spacial score (nSPS) is 14.9. The number of benzene rings is 1. The van der Waals surface area contributed by atoms with Gasteiger partial charge in [0, 0.05) is 11.8 Å². The summed E-state index contributed by atoms with van der Waals surface area (Å²) in [7, 11) is -10.5. The highest BCUT2D eigenvalue weighted by atomic mass is 32.3. The van der Waals surface area contributed by atoms with E-state index in [4.69, 9.17) is 4.74 Å². The Balaban J connectivity index is 3.48. The molecule has 0 spiro atoms. The quantitative estimate of drug-likeness (QED) is 0.274. The Labute approximate surface area is 178 Å². The van der Waals surface area contributed by atoms with Crippen LogP contribution < -0.4 is 4.74 Å². The highest BCUT2D eigenvalue weighted by molar-refractivity contribution is 8.32. The van der Waals surface area contributed by atoms with Crippen LogP contribution in [0.15, 0.2) is 17.0 Å². The number of rotatable bonds is 7. The van der Waals surface area contributed by atoms with Crippen LogP contribution in [-0.4, -0.2) is 50.2 Å². The van der Waals surface area contributed by atoms with Gasteiger partial charge < -0.3 is 4.74 Å². The molecule has 0 N–H and O–H groups in total. The first-order valence-electron chi connectivity index (χ1n) is 8.11. The zero-order valence-corrected chi connectivity index (χ0v) is 18.5. The van der Waals surface area contributed by atoms with Crippen LogP contribution in [0.5, 0.6) is 5.75 Å². The number of alkyl halides is 9. The third-order valence-corrected chi connectivity index (χ3v) is 8.27. The van der Waals surface area contributed by atoms with Gasteiger partial charge in [0.25, 0.3) is 0 Å². The molecule has 0 atom stereocenters. The summed E-state index contributed by atoms with van der Waals surface area (Å²) >= 11 is 0. The fraction of sp³-hybridized carbons (Fsp3) is 0.562. The molecule has 0 unspecified atom stereocenters. The van der Waals surface area contributed by atoms with Crippen LogP contribution in [0.4, 0.5) is 39.5 Å². The molecule has 0 bridgehead atoms. The summed E-state index contributed by atoms with van der Waals surface area (Å²) in [5.74, 6) is -15.5. The van der Waals surface area contributed by atoms with Gasteiger partial charge in [0.2, 0.25) is 0 Å². The van der Waals surface area contributed by atoms with Gasteiger partial charge >= 0.3 is 39.4 Å². The second kappa shape index (κ2) is 8.27. The van der Waals surface area contributed by atoms with Gasteiger partial charge in [-0.15, -0.1) is 0 Å². The maximum atomic E-state index is 13.9. The van der Waals surface area contributed by atoms with Crippen LogP contribution in [0.3, 0.4) is 0 Å². The smallest absolute Gasteiger partial charge is 0.426 e. The minimum Gasteiger partial charge on any atom is -0.426 e. The zero-order chi connectivity index (χ0) is 25.7. The van der Waals surface area contributed by atoms with Gasteiger partial charge in [0.05, 0.1) is 0 Å². The number of ether oxygens (including phenoxy) is 1. The Bertz CT molecular complexity index is 979. The molecule has 1 rings (SSSR count). The molecule has 0 heterocycles. The molecule has 1 aromatic rings. The van der Waals surface area contributed by atoms with Gasteiger partial charge in [-0.25, -0.2) is 3.63 Å². The lowest BCUT2D eigenvalue weighted by molar-refractivity contribution is -0.382. The van der Waals surface area contributed by atoms with Crippen LogP contribution >= 0.6 is 10.3 Å². The first kappa shape index (κ1) is 28.4. The molecular formula is C16H17F9O5S2. The van der Waals surface area contributed by atoms with Crippen molar-refractivity contribution in [3.63, 3.8) is 0 Å². The topological polar surface area (TPSA) is 69.7 Å². The van der Waals surface area contributed by atoms with Crippen molar-refractivity contribution >= 4 is 26.4 Å². The van der Waals surface area contributed by atoms with Crippen molar-refractivity contribution < 1.29 is 61.1 Å². The van der Waals surface area contributed by atoms with Gasteiger partial charge in [-0.05, 0) is 49.6 Å². The largest absolute Gasteiger partial charge is 0.460 e. The van der Waals surface area contributed by atoms with Crippen molar-refractivity contribution in [2.45, 2.75) is 48.9 Å². The summed E-state index contributed by atoms with van der Waals surface area (Å²) < 4.78 is 150. The van der Waals surface area contributed by atoms with E-state index in [9.17, 15) is 52.7 Å². The van der Waals surface area contributed by atoms with Gasteiger partial charge in [-0.1, -0.05) is 10.3 Å². The lowest BCUT2D eigenvalue weighted by Gasteiger charge is -2.36. The summed E-state index contributed by atoms with van der Waals surface area (Å²) in [6.45, 7) is 3.77. The van der Waals surface area contributed by atoms with E-state index in [1.54, 1.807) is 0 Å². The summed E-state index contributed by atoms with van der Waals surface area (Å²) in [6.07, 6.45) is -5.49. The maximum Gasteiger partial charge on any atom is 0.460 e. The number of aryl methyl sites for hydroxylation is 2. The molecule has 0 aliphatic rings. The van der Waals surface area contributed by atoms with Gasteiger partial charge in [0.1, 0.15) is 5.75 Å². The number of carbonyl (C=O) groups excluding carboxylic acids is 1. The van der Waals surface area contributed by atoms with Gasteiger partial charge in [-0.2, -0.15) is 47.9 Å². The molecule has 0 aliphatic carbocycles. The zero-order valence-electron chi connectivity index (χ0n) is 16.9. The van der Waals surface area contributed by atoms with Crippen molar-refractivity contribution in [3.05, 3.63) is 23.3 Å². The number of hydrogen-bond acceptors (Lipinski definition) is 5. The first-order chi connectivity index (χ1) is 13.9. The first-order valence-corrected chi connectivity index (χ1v) is 11.9. The molecule has 1 aromatic carbocycles. The Hall–Kier alpha value is -1.68. The van der Waals surface area contributed by atoms with E-state index in [1.807, 2.05) is 0 Å². The van der Waals surface area contributed by atoms with Crippen molar-refractivity contribution in [2.75, 3.05) is 12.5 Å². The molecule has 0 aliphatic heterocycles. The SMILES string of the molecule is CC(=O)Oc1c(C)cc(S(C)(C)OS(=O)(=O)C(F)(F)C(F)(F)C(F)(F)C(F)(F)F)cc1C. The molecule has 16 heteroatoms. The molecule has 0 aromatic heterocycles. The number of esters is 1. The third-order valence-electron chi connectivity index (χ3n) is 3.94. The van der Waals surface area contributed by atoms with Crippen LogP contribution in [0.1, 0.15) is 18.1 Å². The van der Waals surface area contributed by atoms with E-state index >= 15 is 0 Å². The molecule has 186 valence electrons. The Kier molecular flexibility index (Phi) is 7.33. The molecular weight excluding hydrogens is 507 g/mol. The molecule has 0 amide bonds. The Morgan fingerprint density at radius 2 is 1.25 bits per heavy atom.